The monoisotopic (exact) mass is 417 g/mol. The van der Waals surface area contributed by atoms with Crippen LogP contribution in [0.4, 0.5) is 0 Å². The second-order valence-corrected chi connectivity index (χ2v) is 8.71. The van der Waals surface area contributed by atoms with Crippen molar-refractivity contribution in [3.8, 4) is 5.75 Å². The molecule has 10 heteroatoms. The van der Waals surface area contributed by atoms with Crippen molar-refractivity contribution in [3.05, 3.63) is 36.4 Å². The molecule has 1 aromatic carbocycles. The molecule has 0 bridgehead atoms. The van der Waals surface area contributed by atoms with Gasteiger partial charge in [-0.05, 0) is 43.5 Å². The van der Waals surface area contributed by atoms with Gasteiger partial charge in [0, 0.05) is 19.1 Å². The Morgan fingerprint density at radius 2 is 1.93 bits per heavy atom. The molecule has 0 radical (unpaired) electrons. The van der Waals surface area contributed by atoms with Gasteiger partial charge in [0.15, 0.2) is 5.82 Å². The molecule has 0 fully saturated rings. The second kappa shape index (κ2) is 9.50. The maximum absolute atomic E-state index is 12.7. The molecular formula is C17H28ClN5O3S. The average Bonchev–Trinajstić information content (AvgIpc) is 2.97. The summed E-state index contributed by atoms with van der Waals surface area (Å²) in [5.74, 6) is 1.55. The normalized spacial score (nSPS) is 13.9. The summed E-state index contributed by atoms with van der Waals surface area (Å²) in [5.41, 5.74) is 5.12. The van der Waals surface area contributed by atoms with E-state index in [4.69, 9.17) is 10.5 Å². The quantitative estimate of drug-likeness (QED) is 0.643. The molecule has 8 nitrogen and oxygen atoms in total. The largest absolute Gasteiger partial charge is 0.486 e. The average molecular weight is 418 g/mol. The molecule has 2 rings (SSSR count). The molecule has 0 spiro atoms. The zero-order chi connectivity index (χ0) is 19.4. The Hall–Kier alpha value is -1.68. The van der Waals surface area contributed by atoms with Gasteiger partial charge in [0.25, 0.3) is 0 Å². The molecule has 0 aliphatic heterocycles. The highest BCUT2D eigenvalue weighted by atomic mass is 35.5. The summed E-state index contributed by atoms with van der Waals surface area (Å²) in [4.78, 5) is 4.24. The summed E-state index contributed by atoms with van der Waals surface area (Å²) >= 11 is 0. The van der Waals surface area contributed by atoms with Crippen LogP contribution in [0.5, 0.6) is 5.75 Å². The minimum absolute atomic E-state index is 0. The van der Waals surface area contributed by atoms with Gasteiger partial charge in [-0.3, -0.25) is 4.68 Å². The van der Waals surface area contributed by atoms with Crippen LogP contribution in [0.25, 0.3) is 0 Å². The molecular weight excluding hydrogens is 390 g/mol. The van der Waals surface area contributed by atoms with Crippen LogP contribution in [0.1, 0.15) is 33.0 Å². The van der Waals surface area contributed by atoms with E-state index in [9.17, 15) is 8.42 Å². The van der Waals surface area contributed by atoms with E-state index >= 15 is 0 Å². The Kier molecular flexibility index (Phi) is 8.22. The predicted octanol–water partition coefficient (Wildman–Crippen LogP) is 1.86. The van der Waals surface area contributed by atoms with Gasteiger partial charge >= 0.3 is 0 Å². The first-order valence-corrected chi connectivity index (χ1v) is 9.93. The number of nitrogens with one attached hydrogen (secondary N) is 1. The fourth-order valence-electron chi connectivity index (χ4n) is 2.76. The van der Waals surface area contributed by atoms with E-state index in [0.29, 0.717) is 23.9 Å². The number of benzene rings is 1. The molecule has 0 saturated carbocycles. The number of nitrogens with two attached hydrogens (primary N) is 1. The van der Waals surface area contributed by atoms with Crippen LogP contribution in [0.15, 0.2) is 35.5 Å². The van der Waals surface area contributed by atoms with Gasteiger partial charge < -0.3 is 10.5 Å². The summed E-state index contributed by atoms with van der Waals surface area (Å²) in [6, 6.07) is 6.27. The van der Waals surface area contributed by atoms with Gasteiger partial charge in [-0.2, -0.15) is 5.10 Å². The predicted molar refractivity (Wildman–Crippen MR) is 106 cm³/mol. The zero-order valence-electron chi connectivity index (χ0n) is 16.0. The van der Waals surface area contributed by atoms with Crippen molar-refractivity contribution in [1.29, 1.82) is 0 Å². The Labute approximate surface area is 167 Å². The molecule has 1 aromatic heterocycles. The Bertz CT molecular complexity index is 823. The van der Waals surface area contributed by atoms with Crippen molar-refractivity contribution in [2.75, 3.05) is 6.54 Å². The van der Waals surface area contributed by atoms with Crippen molar-refractivity contribution in [2.45, 2.75) is 44.2 Å². The van der Waals surface area contributed by atoms with Crippen molar-refractivity contribution >= 4 is 22.4 Å². The molecule has 152 valence electrons. The van der Waals surface area contributed by atoms with Gasteiger partial charge in [0.05, 0.1) is 4.90 Å². The Morgan fingerprint density at radius 3 is 2.41 bits per heavy atom. The first-order valence-electron chi connectivity index (χ1n) is 8.45. The van der Waals surface area contributed by atoms with Crippen LogP contribution >= 0.6 is 12.4 Å². The standard InChI is InChI=1S/C17H27N5O3S.ClH/c1-13(2)9-17(3,11-18)21-26(23,24)15-7-5-14(6-8-15)25-10-16-19-12-20-22(16)4;/h5-8,12-13,21H,9-11,18H2,1-4H3;1H. The van der Waals surface area contributed by atoms with E-state index in [1.165, 1.54) is 18.5 Å². The highest BCUT2D eigenvalue weighted by Crippen LogP contribution is 2.21. The van der Waals surface area contributed by atoms with E-state index < -0.39 is 15.6 Å². The number of rotatable bonds is 9. The molecule has 3 N–H and O–H groups in total. The summed E-state index contributed by atoms with van der Waals surface area (Å²) in [6.07, 6.45) is 2.10. The highest BCUT2D eigenvalue weighted by molar-refractivity contribution is 7.89. The van der Waals surface area contributed by atoms with Crippen LogP contribution in [0.2, 0.25) is 0 Å². The maximum Gasteiger partial charge on any atom is 0.241 e. The fraction of sp³-hybridized carbons (Fsp3) is 0.529. The van der Waals surface area contributed by atoms with Crippen LogP contribution in [-0.2, 0) is 23.7 Å². The van der Waals surface area contributed by atoms with E-state index in [1.807, 2.05) is 20.8 Å². The minimum Gasteiger partial charge on any atom is -0.486 e. The van der Waals surface area contributed by atoms with Gasteiger partial charge in [-0.1, -0.05) is 13.8 Å². The third kappa shape index (κ3) is 6.46. The summed E-state index contributed by atoms with van der Waals surface area (Å²) in [5, 5.41) is 3.97. The summed E-state index contributed by atoms with van der Waals surface area (Å²) in [7, 11) is -1.89. The lowest BCUT2D eigenvalue weighted by molar-refractivity contribution is 0.289. The fourth-order valence-corrected chi connectivity index (χ4v) is 4.19. The summed E-state index contributed by atoms with van der Waals surface area (Å²) < 4.78 is 35.3. The Balaban J connectivity index is 0.00000364. The van der Waals surface area contributed by atoms with E-state index in [2.05, 4.69) is 14.8 Å². The number of sulfonamides is 1. The summed E-state index contributed by atoms with van der Waals surface area (Å²) in [6.45, 7) is 6.36. The van der Waals surface area contributed by atoms with Crippen LogP contribution in [-0.4, -0.2) is 35.3 Å². The first-order chi connectivity index (χ1) is 12.1. The van der Waals surface area contributed by atoms with Gasteiger partial charge in [0.1, 0.15) is 18.7 Å². The second-order valence-electron chi connectivity index (χ2n) is 7.03. The number of aryl methyl sites for hydroxylation is 1. The lowest BCUT2D eigenvalue weighted by atomic mass is 9.92. The highest BCUT2D eigenvalue weighted by Gasteiger charge is 2.30. The van der Waals surface area contributed by atoms with Crippen LogP contribution < -0.4 is 15.2 Å². The van der Waals surface area contributed by atoms with E-state index in [1.54, 1.807) is 23.9 Å². The topological polar surface area (TPSA) is 112 Å². The van der Waals surface area contributed by atoms with Crippen LogP contribution in [0.3, 0.4) is 0 Å². The number of hydrogen-bond acceptors (Lipinski definition) is 6. The molecule has 0 aliphatic rings. The molecule has 0 saturated heterocycles. The molecule has 0 amide bonds. The number of hydrogen-bond donors (Lipinski definition) is 2. The Morgan fingerprint density at radius 1 is 1.30 bits per heavy atom. The third-order valence-corrected chi connectivity index (χ3v) is 5.65. The number of nitrogens with zero attached hydrogens (tertiary/aromatic N) is 3. The zero-order valence-corrected chi connectivity index (χ0v) is 17.7. The first kappa shape index (κ1) is 23.4. The van der Waals surface area contributed by atoms with Crippen molar-refractivity contribution in [3.63, 3.8) is 0 Å². The van der Waals surface area contributed by atoms with Crippen molar-refractivity contribution in [2.24, 2.45) is 18.7 Å². The molecule has 1 unspecified atom stereocenters. The van der Waals surface area contributed by atoms with Crippen LogP contribution in [0, 0.1) is 5.92 Å². The number of halogens is 1. The molecule has 1 atom stereocenters. The third-order valence-electron chi connectivity index (χ3n) is 4.00. The van der Waals surface area contributed by atoms with Crippen molar-refractivity contribution in [1.82, 2.24) is 19.5 Å². The maximum atomic E-state index is 12.7. The number of aromatic nitrogens is 3. The number of ether oxygens (including phenoxy) is 1. The van der Waals surface area contributed by atoms with E-state index in [-0.39, 0.29) is 30.5 Å². The lowest BCUT2D eigenvalue weighted by Gasteiger charge is -2.30. The SMILES string of the molecule is CC(C)CC(C)(CN)NS(=O)(=O)c1ccc(OCc2ncnn2C)cc1.Cl. The van der Waals surface area contributed by atoms with Gasteiger partial charge in [-0.25, -0.2) is 18.1 Å². The van der Waals surface area contributed by atoms with E-state index in [0.717, 1.165) is 0 Å². The molecule has 1 heterocycles. The molecule has 2 aromatic rings. The minimum atomic E-state index is -3.67. The van der Waals surface area contributed by atoms with Gasteiger partial charge in [0.2, 0.25) is 10.0 Å². The lowest BCUT2D eigenvalue weighted by Crippen LogP contribution is -2.51. The smallest absolute Gasteiger partial charge is 0.241 e. The van der Waals surface area contributed by atoms with Gasteiger partial charge in [-0.15, -0.1) is 12.4 Å². The van der Waals surface area contributed by atoms with Crippen molar-refractivity contribution < 1.29 is 13.2 Å². The molecule has 27 heavy (non-hydrogen) atoms. The molecule has 0 aliphatic carbocycles.